The van der Waals surface area contributed by atoms with E-state index in [9.17, 15) is 0 Å². The predicted octanol–water partition coefficient (Wildman–Crippen LogP) is 2.85. The molecule has 1 saturated heterocycles. The summed E-state index contributed by atoms with van der Waals surface area (Å²) in [6, 6.07) is 0.525. The van der Waals surface area contributed by atoms with Crippen LogP contribution in [0.1, 0.15) is 58.3 Å². The van der Waals surface area contributed by atoms with Crippen molar-refractivity contribution >= 4 is 0 Å². The minimum atomic E-state index is 0.496. The van der Waals surface area contributed by atoms with Crippen LogP contribution < -0.4 is 11.3 Å². The van der Waals surface area contributed by atoms with E-state index in [1.54, 1.807) is 0 Å². The van der Waals surface area contributed by atoms with E-state index in [-0.39, 0.29) is 0 Å². The van der Waals surface area contributed by atoms with Crippen LogP contribution in [0.5, 0.6) is 0 Å². The Bertz CT molecular complexity index is 363. The summed E-state index contributed by atoms with van der Waals surface area (Å²) in [6.07, 6.45) is 11.1. The second-order valence-electron chi connectivity index (χ2n) is 8.73. The van der Waals surface area contributed by atoms with E-state index in [2.05, 4.69) is 12.3 Å². The molecule has 0 aromatic rings. The number of hydrazine groups is 1. The van der Waals surface area contributed by atoms with Crippen LogP contribution in [0.2, 0.25) is 0 Å². The molecule has 1 aliphatic heterocycles. The van der Waals surface area contributed by atoms with Crippen LogP contribution in [0, 0.1) is 28.6 Å². The van der Waals surface area contributed by atoms with Gasteiger partial charge in [0.1, 0.15) is 0 Å². The van der Waals surface area contributed by atoms with Crippen LogP contribution >= 0.6 is 0 Å². The van der Waals surface area contributed by atoms with Crippen molar-refractivity contribution in [2.45, 2.75) is 64.3 Å². The van der Waals surface area contributed by atoms with Gasteiger partial charge in [0.05, 0.1) is 0 Å². The zero-order valence-electron chi connectivity index (χ0n) is 12.9. The first kappa shape index (κ1) is 13.5. The lowest BCUT2D eigenvalue weighted by Gasteiger charge is -2.64. The first-order valence-electron chi connectivity index (χ1n) is 8.66. The third-order valence-corrected chi connectivity index (χ3v) is 6.98. The van der Waals surface area contributed by atoms with E-state index in [1.165, 1.54) is 51.4 Å². The van der Waals surface area contributed by atoms with Crippen LogP contribution in [0.15, 0.2) is 0 Å². The zero-order chi connectivity index (χ0) is 13.8. The van der Waals surface area contributed by atoms with Gasteiger partial charge in [0.25, 0.3) is 0 Å². The molecule has 0 amide bonds. The highest BCUT2D eigenvalue weighted by Gasteiger charge is 2.59. The quantitative estimate of drug-likeness (QED) is 0.616. The molecule has 0 aromatic carbocycles. The maximum absolute atomic E-state index is 6.08. The molecule has 5 aliphatic rings. The Morgan fingerprint density at radius 1 is 1.10 bits per heavy atom. The minimum Gasteiger partial charge on any atom is -0.381 e. The summed E-state index contributed by atoms with van der Waals surface area (Å²) < 4.78 is 5.56. The van der Waals surface area contributed by atoms with Crippen molar-refractivity contribution in [3.63, 3.8) is 0 Å². The molecule has 3 nitrogen and oxygen atoms in total. The lowest BCUT2D eigenvalue weighted by molar-refractivity contribution is -0.132. The fraction of sp³-hybridized carbons (Fsp3) is 1.00. The summed E-state index contributed by atoms with van der Waals surface area (Å²) in [6.45, 7) is 4.42. The molecule has 0 radical (unpaired) electrons. The molecule has 3 heteroatoms. The number of nitrogens with one attached hydrogen (secondary N) is 1. The van der Waals surface area contributed by atoms with E-state index < -0.39 is 0 Å². The Kier molecular flexibility index (Phi) is 3.17. The lowest BCUT2D eigenvalue weighted by Crippen LogP contribution is -2.62. The fourth-order valence-electron chi connectivity index (χ4n) is 7.02. The smallest absolute Gasteiger partial charge is 0.0469 e. The largest absolute Gasteiger partial charge is 0.381 e. The highest BCUT2D eigenvalue weighted by Crippen LogP contribution is 2.66. The Morgan fingerprint density at radius 2 is 1.75 bits per heavy atom. The highest BCUT2D eigenvalue weighted by molar-refractivity contribution is 5.10. The van der Waals surface area contributed by atoms with E-state index in [0.717, 1.165) is 31.0 Å². The monoisotopic (exact) mass is 278 g/mol. The number of hydrogen-bond acceptors (Lipinski definition) is 3. The van der Waals surface area contributed by atoms with Crippen LogP contribution in [0.25, 0.3) is 0 Å². The van der Waals surface area contributed by atoms with Gasteiger partial charge < -0.3 is 4.74 Å². The molecule has 5 rings (SSSR count). The third-order valence-electron chi connectivity index (χ3n) is 6.98. The second kappa shape index (κ2) is 4.69. The molecule has 5 fully saturated rings. The van der Waals surface area contributed by atoms with Crippen LogP contribution in [-0.2, 0) is 4.74 Å². The molecule has 1 heterocycles. The van der Waals surface area contributed by atoms with Crippen molar-refractivity contribution < 1.29 is 4.74 Å². The fourth-order valence-corrected chi connectivity index (χ4v) is 7.02. The van der Waals surface area contributed by atoms with Gasteiger partial charge in [-0.15, -0.1) is 0 Å². The van der Waals surface area contributed by atoms with Gasteiger partial charge in [0, 0.05) is 19.3 Å². The van der Waals surface area contributed by atoms with E-state index in [0.29, 0.717) is 16.9 Å². The Hall–Kier alpha value is -0.120. The molecule has 3 N–H and O–H groups in total. The van der Waals surface area contributed by atoms with Gasteiger partial charge in [-0.25, -0.2) is 0 Å². The standard InChI is InChI=1S/C17H30N2O/c1-16-7-12-6-13(8-16)10-17(9-12,11-16)15(19-18)14-2-4-20-5-3-14/h12-15,19H,2-11,18H2,1H3. The van der Waals surface area contributed by atoms with E-state index in [4.69, 9.17) is 10.6 Å². The molecule has 3 atom stereocenters. The second-order valence-corrected chi connectivity index (χ2v) is 8.73. The topological polar surface area (TPSA) is 47.3 Å². The summed E-state index contributed by atoms with van der Waals surface area (Å²) >= 11 is 0. The lowest BCUT2D eigenvalue weighted by atomic mass is 9.42. The molecule has 3 unspecified atom stereocenters. The van der Waals surface area contributed by atoms with Crippen molar-refractivity contribution in [1.82, 2.24) is 5.43 Å². The molecule has 4 aliphatic carbocycles. The number of nitrogens with two attached hydrogens (primary N) is 1. The molecule has 114 valence electrons. The molecule has 0 spiro atoms. The molecule has 20 heavy (non-hydrogen) atoms. The summed E-state index contributed by atoms with van der Waals surface area (Å²) in [7, 11) is 0. The van der Waals surface area contributed by atoms with E-state index in [1.807, 2.05) is 0 Å². The molecule has 4 saturated carbocycles. The van der Waals surface area contributed by atoms with Gasteiger partial charge in [-0.2, -0.15) is 0 Å². The first-order chi connectivity index (χ1) is 9.62. The van der Waals surface area contributed by atoms with Crippen LogP contribution in [0.3, 0.4) is 0 Å². The SMILES string of the molecule is CC12CC3CC(C1)CC(C(NN)C1CCOCC1)(C3)C2. The number of ether oxygens (including phenoxy) is 1. The summed E-state index contributed by atoms with van der Waals surface area (Å²) in [4.78, 5) is 0. The van der Waals surface area contributed by atoms with E-state index >= 15 is 0 Å². The third kappa shape index (κ3) is 2.05. The van der Waals surface area contributed by atoms with Gasteiger partial charge in [-0.3, -0.25) is 11.3 Å². The highest BCUT2D eigenvalue weighted by atomic mass is 16.5. The number of hydrogen-bond donors (Lipinski definition) is 2. The van der Waals surface area contributed by atoms with Gasteiger partial charge in [0.15, 0.2) is 0 Å². The predicted molar refractivity (Wildman–Crippen MR) is 79.9 cm³/mol. The zero-order valence-corrected chi connectivity index (χ0v) is 12.9. The summed E-state index contributed by atoms with van der Waals surface area (Å²) in [5.41, 5.74) is 4.40. The summed E-state index contributed by atoms with van der Waals surface area (Å²) in [5.74, 6) is 8.77. The average molecular weight is 278 g/mol. The molecule has 4 bridgehead atoms. The maximum atomic E-state index is 6.08. The van der Waals surface area contributed by atoms with Crippen molar-refractivity contribution in [3.8, 4) is 0 Å². The average Bonchev–Trinajstić information content (AvgIpc) is 2.37. The molecule has 0 aromatic heterocycles. The van der Waals surface area contributed by atoms with Gasteiger partial charge in [0.2, 0.25) is 0 Å². The van der Waals surface area contributed by atoms with Crippen molar-refractivity contribution in [2.24, 2.45) is 34.4 Å². The molecular formula is C17H30N2O. The Labute approximate surface area is 123 Å². The minimum absolute atomic E-state index is 0.496. The van der Waals surface area contributed by atoms with Crippen molar-refractivity contribution in [1.29, 1.82) is 0 Å². The van der Waals surface area contributed by atoms with Crippen LogP contribution in [0.4, 0.5) is 0 Å². The van der Waals surface area contributed by atoms with Crippen molar-refractivity contribution in [3.05, 3.63) is 0 Å². The molecular weight excluding hydrogens is 248 g/mol. The normalized spacial score (nSPS) is 49.5. The Morgan fingerprint density at radius 3 is 2.30 bits per heavy atom. The van der Waals surface area contributed by atoms with Crippen molar-refractivity contribution in [2.75, 3.05) is 13.2 Å². The maximum Gasteiger partial charge on any atom is 0.0469 e. The van der Waals surface area contributed by atoms with Gasteiger partial charge in [-0.05, 0) is 80.0 Å². The van der Waals surface area contributed by atoms with Gasteiger partial charge >= 0.3 is 0 Å². The Balaban J connectivity index is 1.61. The summed E-state index contributed by atoms with van der Waals surface area (Å²) in [5, 5.41) is 0. The van der Waals surface area contributed by atoms with Crippen LogP contribution in [-0.4, -0.2) is 19.3 Å². The first-order valence-corrected chi connectivity index (χ1v) is 8.66. The number of rotatable bonds is 3. The van der Waals surface area contributed by atoms with Gasteiger partial charge in [-0.1, -0.05) is 6.92 Å².